The van der Waals surface area contributed by atoms with E-state index in [9.17, 15) is 22.8 Å². The van der Waals surface area contributed by atoms with Crippen molar-refractivity contribution in [2.24, 2.45) is 5.73 Å². The number of imide groups is 1. The average Bonchev–Trinajstić information content (AvgIpc) is 2.33. The number of alkyl halides is 3. The third-order valence-corrected chi connectivity index (χ3v) is 8.32. The minimum Gasteiger partial charge on any atom is -0.475 e. The Hall–Kier alpha value is -1.46. The summed E-state index contributed by atoms with van der Waals surface area (Å²) >= 11 is 0. The second-order valence-corrected chi connectivity index (χ2v) is 11.6. The van der Waals surface area contributed by atoms with Gasteiger partial charge in [0.2, 0.25) is 5.91 Å². The Balaban J connectivity index is 0.000000640. The summed E-state index contributed by atoms with van der Waals surface area (Å²) < 4.78 is 37.7. The van der Waals surface area contributed by atoms with Crippen LogP contribution in [0.25, 0.3) is 0 Å². The predicted molar refractivity (Wildman–Crippen MR) is 81.5 cm³/mol. The summed E-state index contributed by atoms with van der Waals surface area (Å²) in [4.78, 5) is 31.8. The van der Waals surface area contributed by atoms with Gasteiger partial charge < -0.3 is 15.3 Å². The van der Waals surface area contributed by atoms with Crippen molar-refractivity contribution in [2.75, 3.05) is 0 Å². The maximum atomic E-state index is 11.7. The topological polar surface area (TPSA) is 119 Å². The van der Waals surface area contributed by atoms with Gasteiger partial charge in [0.25, 0.3) is 5.91 Å². The van der Waals surface area contributed by atoms with Crippen molar-refractivity contribution in [3.05, 3.63) is 0 Å². The number of piperidine rings is 1. The third-order valence-electron chi connectivity index (χ3n) is 3.83. The van der Waals surface area contributed by atoms with Crippen LogP contribution >= 0.6 is 0 Å². The van der Waals surface area contributed by atoms with Gasteiger partial charge in [0.15, 0.2) is 8.32 Å². The minimum absolute atomic E-state index is 0.0266. The fraction of sp³-hybridized carbons (Fsp3) is 0.769. The zero-order valence-corrected chi connectivity index (χ0v) is 15.2. The molecule has 0 radical (unpaired) electrons. The first kappa shape index (κ1) is 22.5. The van der Waals surface area contributed by atoms with Crippen molar-refractivity contribution in [3.8, 4) is 0 Å². The van der Waals surface area contributed by atoms with Crippen molar-refractivity contribution in [2.45, 2.75) is 63.6 Å². The smallest absolute Gasteiger partial charge is 0.475 e. The highest BCUT2D eigenvalue weighted by molar-refractivity contribution is 6.74. The molecule has 1 rings (SSSR count). The number of halogens is 3. The van der Waals surface area contributed by atoms with Gasteiger partial charge in [0, 0.05) is 6.42 Å². The molecular weight excluding hydrogens is 349 g/mol. The Morgan fingerprint density at radius 2 is 1.67 bits per heavy atom. The zero-order chi connectivity index (χ0) is 19.5. The molecule has 0 unspecified atom stereocenters. The molecule has 1 fully saturated rings. The zero-order valence-electron chi connectivity index (χ0n) is 14.2. The largest absolute Gasteiger partial charge is 0.490 e. The van der Waals surface area contributed by atoms with Gasteiger partial charge in [0.05, 0.1) is 6.04 Å². The summed E-state index contributed by atoms with van der Waals surface area (Å²) in [7, 11) is -2.01. The van der Waals surface area contributed by atoms with Crippen LogP contribution in [-0.2, 0) is 18.8 Å². The van der Waals surface area contributed by atoms with Gasteiger partial charge in [0.1, 0.15) is 6.10 Å². The van der Waals surface area contributed by atoms with Crippen molar-refractivity contribution in [1.29, 1.82) is 0 Å². The van der Waals surface area contributed by atoms with Gasteiger partial charge in [-0.2, -0.15) is 13.2 Å². The molecule has 0 aromatic carbocycles. The van der Waals surface area contributed by atoms with Gasteiger partial charge in [-0.1, -0.05) is 20.8 Å². The number of rotatable bonds is 2. The van der Waals surface area contributed by atoms with Crippen LogP contribution in [0.4, 0.5) is 13.2 Å². The fourth-order valence-electron chi connectivity index (χ4n) is 1.37. The van der Waals surface area contributed by atoms with Gasteiger partial charge >= 0.3 is 12.1 Å². The molecule has 4 N–H and O–H groups in total. The van der Waals surface area contributed by atoms with E-state index in [4.69, 9.17) is 20.1 Å². The highest BCUT2D eigenvalue weighted by Gasteiger charge is 2.43. The summed E-state index contributed by atoms with van der Waals surface area (Å²) in [5.74, 6) is -3.53. The third kappa shape index (κ3) is 6.57. The summed E-state index contributed by atoms with van der Waals surface area (Å²) in [5, 5.41) is 9.40. The molecule has 0 spiro atoms. The van der Waals surface area contributed by atoms with E-state index >= 15 is 0 Å². The summed E-state index contributed by atoms with van der Waals surface area (Å²) in [5.41, 5.74) is 5.63. The van der Waals surface area contributed by atoms with Crippen molar-refractivity contribution < 1.29 is 37.1 Å². The second kappa shape index (κ2) is 7.62. The number of carbonyl (C=O) groups is 3. The summed E-state index contributed by atoms with van der Waals surface area (Å²) in [6.07, 6.45) is -5.40. The van der Waals surface area contributed by atoms with E-state index in [0.29, 0.717) is 0 Å². The maximum Gasteiger partial charge on any atom is 0.490 e. The molecular formula is C13H23F3N2O5Si. The molecule has 140 valence electrons. The van der Waals surface area contributed by atoms with Gasteiger partial charge in [-0.25, -0.2) is 4.79 Å². The van der Waals surface area contributed by atoms with Crippen molar-refractivity contribution >= 4 is 26.1 Å². The quantitative estimate of drug-likeness (QED) is 0.498. The highest BCUT2D eigenvalue weighted by Crippen LogP contribution is 2.37. The van der Waals surface area contributed by atoms with Gasteiger partial charge in [-0.15, -0.1) is 0 Å². The molecule has 0 aromatic rings. The standard InChI is InChI=1S/C11H22N2O3Si.C2HF3O2/c1-11(2,3)17(4,5)16-8-6-7(12)9(14)13-10(8)15;3-2(4,5)1(6)7/h7-8H,6,12H2,1-5H3,(H,13,14,15);(H,6,7)/t7-,8+;/m0./s1. The molecule has 2 amide bonds. The normalized spacial score (nSPS) is 22.4. The number of nitrogens with two attached hydrogens (primary N) is 1. The lowest BCUT2D eigenvalue weighted by atomic mass is 10.1. The first-order valence-electron chi connectivity index (χ1n) is 7.07. The predicted octanol–water partition coefficient (Wildman–Crippen LogP) is 1.38. The van der Waals surface area contributed by atoms with E-state index in [1.54, 1.807) is 0 Å². The van der Waals surface area contributed by atoms with Crippen molar-refractivity contribution in [1.82, 2.24) is 5.32 Å². The van der Waals surface area contributed by atoms with Crippen LogP contribution in [0.15, 0.2) is 0 Å². The number of carboxylic acids is 1. The number of aliphatic carboxylic acids is 1. The lowest BCUT2D eigenvalue weighted by Crippen LogP contribution is -2.58. The lowest BCUT2D eigenvalue weighted by Gasteiger charge is -2.40. The number of hydrogen-bond donors (Lipinski definition) is 3. The van der Waals surface area contributed by atoms with E-state index in [-0.39, 0.29) is 17.4 Å². The molecule has 7 nitrogen and oxygen atoms in total. The Labute approximate surface area is 138 Å². The van der Waals surface area contributed by atoms with Gasteiger partial charge in [-0.3, -0.25) is 14.9 Å². The molecule has 1 saturated heterocycles. The van der Waals surface area contributed by atoms with E-state index in [1.165, 1.54) is 0 Å². The van der Waals surface area contributed by atoms with Crippen LogP contribution in [0.3, 0.4) is 0 Å². The fourth-order valence-corrected chi connectivity index (χ4v) is 2.64. The number of amides is 2. The first-order chi connectivity index (χ1) is 10.5. The monoisotopic (exact) mass is 372 g/mol. The molecule has 0 bridgehead atoms. The van der Waals surface area contributed by atoms with Gasteiger partial charge in [-0.05, 0) is 18.1 Å². The Morgan fingerprint density at radius 3 is 2.00 bits per heavy atom. The van der Waals surface area contributed by atoms with E-state index in [0.717, 1.165) is 0 Å². The Bertz CT molecular complexity index is 503. The maximum absolute atomic E-state index is 11.7. The van der Waals surface area contributed by atoms with Crippen LogP contribution in [0.2, 0.25) is 18.1 Å². The minimum atomic E-state index is -5.08. The molecule has 24 heavy (non-hydrogen) atoms. The second-order valence-electron chi connectivity index (χ2n) is 6.87. The average molecular weight is 372 g/mol. The van der Waals surface area contributed by atoms with E-state index < -0.39 is 38.5 Å². The molecule has 1 heterocycles. The Morgan fingerprint density at radius 1 is 1.25 bits per heavy atom. The molecule has 0 aliphatic carbocycles. The highest BCUT2D eigenvalue weighted by atomic mass is 28.4. The Kier molecular flexibility index (Phi) is 7.15. The van der Waals surface area contributed by atoms with E-state index in [1.807, 2.05) is 0 Å². The first-order valence-corrected chi connectivity index (χ1v) is 9.98. The van der Waals surface area contributed by atoms with Crippen LogP contribution in [0.1, 0.15) is 27.2 Å². The summed E-state index contributed by atoms with van der Waals surface area (Å²) in [6, 6.07) is -0.650. The lowest BCUT2D eigenvalue weighted by molar-refractivity contribution is -0.192. The molecule has 1 aliphatic rings. The van der Waals surface area contributed by atoms with Crippen LogP contribution in [0.5, 0.6) is 0 Å². The number of carbonyl (C=O) groups excluding carboxylic acids is 2. The molecule has 1 aliphatic heterocycles. The van der Waals surface area contributed by atoms with Crippen LogP contribution < -0.4 is 11.1 Å². The van der Waals surface area contributed by atoms with Crippen molar-refractivity contribution in [3.63, 3.8) is 0 Å². The molecule has 0 aromatic heterocycles. The number of carboxylic acid groups (broad SMARTS) is 1. The van der Waals surface area contributed by atoms with Crippen LogP contribution in [-0.4, -0.2) is 49.5 Å². The molecule has 11 heteroatoms. The van der Waals surface area contributed by atoms with E-state index in [2.05, 4.69) is 39.2 Å². The number of nitrogens with one attached hydrogen (secondary N) is 1. The number of hydrogen-bond acceptors (Lipinski definition) is 5. The molecule has 0 saturated carbocycles. The SMILES string of the molecule is CC(C)(C)[Si](C)(C)O[C@@H]1C[C@H](N)C(=O)NC1=O.O=C(O)C(F)(F)F. The van der Waals surface area contributed by atoms with Crippen LogP contribution in [0, 0.1) is 0 Å². The summed E-state index contributed by atoms with van der Waals surface area (Å²) in [6.45, 7) is 10.4. The molecule has 2 atom stereocenters.